The molecule has 0 aliphatic heterocycles. The van der Waals surface area contributed by atoms with Gasteiger partial charge in [0.15, 0.2) is 0 Å². The van der Waals surface area contributed by atoms with Crippen LogP contribution in [0.2, 0.25) is 0 Å². The van der Waals surface area contributed by atoms with E-state index in [-0.39, 0.29) is 0 Å². The lowest BCUT2D eigenvalue weighted by Gasteiger charge is -2.17. The maximum Gasteiger partial charge on any atom is 0.0434 e. The summed E-state index contributed by atoms with van der Waals surface area (Å²) >= 11 is 0. The van der Waals surface area contributed by atoms with E-state index >= 15 is 0 Å². The van der Waals surface area contributed by atoms with E-state index in [1.54, 1.807) is 0 Å². The van der Waals surface area contributed by atoms with E-state index in [1.165, 1.54) is 0 Å². The van der Waals surface area contributed by atoms with Crippen molar-refractivity contribution in [3.05, 3.63) is 68.8 Å². The number of aryl methyl sites for hydroxylation is 4. The summed E-state index contributed by atoms with van der Waals surface area (Å²) in [6.45, 7) is 0. The van der Waals surface area contributed by atoms with Gasteiger partial charge in [-0.25, -0.2) is 0 Å². The summed E-state index contributed by atoms with van der Waals surface area (Å²) in [5.41, 5.74) is 7.70. The maximum absolute atomic E-state index is 5.74. The molecule has 0 heterocycles. The first kappa shape index (κ1) is 15.6. The van der Waals surface area contributed by atoms with E-state index in [4.69, 9.17) is 25.7 Å². The SMILES string of the molecule is C#Cc1c2ccc(c1C#C)CCc1ccc(c(C#C)c1C#C)CC2. The molecule has 0 N–H and O–H groups in total. The quantitative estimate of drug-likeness (QED) is 0.654. The summed E-state index contributed by atoms with van der Waals surface area (Å²) in [6, 6.07) is 8.38. The summed E-state index contributed by atoms with van der Waals surface area (Å²) in [4.78, 5) is 0. The minimum Gasteiger partial charge on any atom is -0.115 e. The Balaban J connectivity index is 2.23. The molecule has 112 valence electrons. The third kappa shape index (κ3) is 2.46. The van der Waals surface area contributed by atoms with Crippen LogP contribution in [0.5, 0.6) is 0 Å². The zero-order chi connectivity index (χ0) is 17.1. The fourth-order valence-electron chi connectivity index (χ4n) is 3.41. The molecule has 2 aromatic rings. The van der Waals surface area contributed by atoms with Crippen molar-refractivity contribution in [2.24, 2.45) is 0 Å². The molecule has 0 radical (unpaired) electrons. The number of terminal acetylenes is 4. The summed E-state index contributed by atoms with van der Waals surface area (Å²) < 4.78 is 0. The molecule has 2 aromatic carbocycles. The average molecular weight is 304 g/mol. The van der Waals surface area contributed by atoms with E-state index in [2.05, 4.69) is 47.9 Å². The Morgan fingerprint density at radius 2 is 0.667 bits per heavy atom. The molecule has 0 fully saturated rings. The highest BCUT2D eigenvalue weighted by Crippen LogP contribution is 2.26. The Morgan fingerprint density at radius 3 is 0.833 bits per heavy atom. The third-order valence-corrected chi connectivity index (χ3v) is 4.66. The van der Waals surface area contributed by atoms with Crippen molar-refractivity contribution in [1.82, 2.24) is 0 Å². The average Bonchev–Trinajstić information content (AvgIpc) is 2.61. The zero-order valence-corrected chi connectivity index (χ0v) is 13.4. The predicted octanol–water partition coefficient (Wildman–Crippen LogP) is 3.50. The van der Waals surface area contributed by atoms with Gasteiger partial charge in [0.2, 0.25) is 0 Å². The standard InChI is InChI=1S/C24H16/c1-5-21-17-9-10-18(22(21)6-2)15-16-20-12-11-19(14-13-17)23(7-3)24(20)8-4/h1-4,9-12H,13-16H2. The van der Waals surface area contributed by atoms with Crippen LogP contribution in [-0.4, -0.2) is 0 Å². The van der Waals surface area contributed by atoms with Gasteiger partial charge in [-0.15, -0.1) is 25.7 Å². The van der Waals surface area contributed by atoms with Crippen molar-refractivity contribution >= 4 is 0 Å². The van der Waals surface area contributed by atoms with Crippen LogP contribution in [0, 0.1) is 49.4 Å². The molecule has 0 nitrogen and oxygen atoms in total. The van der Waals surface area contributed by atoms with Crippen LogP contribution in [-0.2, 0) is 25.7 Å². The lowest BCUT2D eigenvalue weighted by Crippen LogP contribution is -2.07. The van der Waals surface area contributed by atoms with E-state index in [9.17, 15) is 0 Å². The molecule has 4 bridgehead atoms. The highest BCUT2D eigenvalue weighted by Gasteiger charge is 2.16. The first-order valence-electron chi connectivity index (χ1n) is 7.89. The van der Waals surface area contributed by atoms with Gasteiger partial charge in [-0.05, 0) is 47.9 Å². The van der Waals surface area contributed by atoms with E-state index < -0.39 is 0 Å². The van der Waals surface area contributed by atoms with Gasteiger partial charge in [0.1, 0.15) is 0 Å². The topological polar surface area (TPSA) is 0 Å². The van der Waals surface area contributed by atoms with Gasteiger partial charge < -0.3 is 0 Å². The van der Waals surface area contributed by atoms with Crippen LogP contribution in [0.25, 0.3) is 0 Å². The minimum atomic E-state index is 0.784. The van der Waals surface area contributed by atoms with Crippen molar-refractivity contribution < 1.29 is 0 Å². The van der Waals surface area contributed by atoms with E-state index in [0.717, 1.165) is 70.2 Å². The lowest BCUT2D eigenvalue weighted by molar-refractivity contribution is 0.910. The Morgan fingerprint density at radius 1 is 0.458 bits per heavy atom. The summed E-state index contributed by atoms with van der Waals surface area (Å²) in [6.07, 6.45) is 26.1. The molecule has 0 aromatic heterocycles. The molecule has 24 heavy (non-hydrogen) atoms. The van der Waals surface area contributed by atoms with Crippen molar-refractivity contribution in [2.75, 3.05) is 0 Å². The minimum absolute atomic E-state index is 0.784. The molecule has 0 saturated heterocycles. The number of hydrogen-bond acceptors (Lipinski definition) is 0. The molecular weight excluding hydrogens is 288 g/mol. The smallest absolute Gasteiger partial charge is 0.0434 e. The molecule has 0 spiro atoms. The van der Waals surface area contributed by atoms with Gasteiger partial charge >= 0.3 is 0 Å². The van der Waals surface area contributed by atoms with Gasteiger partial charge in [0.25, 0.3) is 0 Å². The fourth-order valence-corrected chi connectivity index (χ4v) is 3.41. The molecule has 6 rings (SSSR count). The van der Waals surface area contributed by atoms with Crippen LogP contribution < -0.4 is 0 Å². The van der Waals surface area contributed by atoms with E-state index in [0.29, 0.717) is 0 Å². The van der Waals surface area contributed by atoms with Crippen molar-refractivity contribution in [1.29, 1.82) is 0 Å². The summed E-state index contributed by atoms with van der Waals surface area (Å²) in [5, 5.41) is 0. The van der Waals surface area contributed by atoms with Crippen LogP contribution >= 0.6 is 0 Å². The molecule has 0 atom stereocenters. The first-order valence-corrected chi connectivity index (χ1v) is 7.89. The second-order valence-corrected chi connectivity index (χ2v) is 5.84. The van der Waals surface area contributed by atoms with Crippen molar-refractivity contribution in [2.45, 2.75) is 25.7 Å². The molecule has 4 aliphatic carbocycles. The van der Waals surface area contributed by atoms with E-state index in [1.807, 2.05) is 0 Å². The van der Waals surface area contributed by atoms with Gasteiger partial charge in [-0.1, -0.05) is 47.9 Å². The molecule has 0 heteroatoms. The summed E-state index contributed by atoms with van der Waals surface area (Å²) in [7, 11) is 0. The highest BCUT2D eigenvalue weighted by atomic mass is 14.2. The van der Waals surface area contributed by atoms with Gasteiger partial charge in [0, 0.05) is 22.3 Å². The lowest BCUT2D eigenvalue weighted by atomic mass is 9.86. The molecular formula is C24H16. The van der Waals surface area contributed by atoms with Crippen molar-refractivity contribution in [3.63, 3.8) is 0 Å². The predicted molar refractivity (Wildman–Crippen MR) is 99.4 cm³/mol. The van der Waals surface area contributed by atoms with Gasteiger partial charge in [0.05, 0.1) is 0 Å². The molecule has 0 amide bonds. The van der Waals surface area contributed by atoms with Gasteiger partial charge in [-0.3, -0.25) is 0 Å². The fraction of sp³-hybridized carbons (Fsp3) is 0.167. The first-order chi connectivity index (χ1) is 11.7. The Kier molecular flexibility index (Phi) is 4.17. The second-order valence-electron chi connectivity index (χ2n) is 5.84. The summed E-state index contributed by atoms with van der Waals surface area (Å²) in [5.74, 6) is 11.1. The monoisotopic (exact) mass is 304 g/mol. The zero-order valence-electron chi connectivity index (χ0n) is 13.4. The van der Waals surface area contributed by atoms with Crippen molar-refractivity contribution in [3.8, 4) is 49.4 Å². The Labute approximate surface area is 144 Å². The largest absolute Gasteiger partial charge is 0.115 e. The number of benzene rings is 2. The van der Waals surface area contributed by atoms with Gasteiger partial charge in [-0.2, -0.15) is 0 Å². The maximum atomic E-state index is 5.74. The Hall–Kier alpha value is -3.32. The second kappa shape index (κ2) is 6.43. The Bertz CT molecular complexity index is 823. The third-order valence-electron chi connectivity index (χ3n) is 4.66. The van der Waals surface area contributed by atoms with Crippen LogP contribution in [0.15, 0.2) is 24.3 Å². The van der Waals surface area contributed by atoms with Crippen LogP contribution in [0.1, 0.15) is 44.5 Å². The number of rotatable bonds is 0. The van der Waals surface area contributed by atoms with Crippen LogP contribution in [0.4, 0.5) is 0 Å². The normalized spacial score (nSPS) is 12.2. The number of hydrogen-bond donors (Lipinski definition) is 0. The molecule has 0 saturated carbocycles. The molecule has 0 unspecified atom stereocenters. The highest BCUT2D eigenvalue weighted by molar-refractivity contribution is 5.60. The molecule has 4 aliphatic rings. The van der Waals surface area contributed by atoms with Crippen LogP contribution in [0.3, 0.4) is 0 Å².